The molecule has 1 N–H and O–H groups in total. The van der Waals surface area contributed by atoms with E-state index in [9.17, 15) is 9.18 Å². The molecule has 0 unspecified atom stereocenters. The molecule has 0 bridgehead atoms. The molecule has 1 aliphatic rings. The molecular formula is C28H32FN3O2. The van der Waals surface area contributed by atoms with Crippen LogP contribution in [0.2, 0.25) is 0 Å². The molecule has 0 spiro atoms. The molecule has 1 fully saturated rings. The predicted molar refractivity (Wildman–Crippen MR) is 133 cm³/mol. The summed E-state index contributed by atoms with van der Waals surface area (Å²) >= 11 is 0. The molecule has 1 saturated heterocycles. The van der Waals surface area contributed by atoms with E-state index < -0.39 is 0 Å². The van der Waals surface area contributed by atoms with Crippen LogP contribution in [0.25, 0.3) is 11.1 Å². The Balaban J connectivity index is 1.26. The fraction of sp³-hybridized carbons (Fsp3) is 0.321. The second-order valence-corrected chi connectivity index (χ2v) is 8.77. The van der Waals surface area contributed by atoms with Crippen molar-refractivity contribution in [3.63, 3.8) is 0 Å². The van der Waals surface area contributed by atoms with Gasteiger partial charge in [-0.1, -0.05) is 54.6 Å². The van der Waals surface area contributed by atoms with Crippen LogP contribution in [-0.2, 0) is 17.8 Å². The van der Waals surface area contributed by atoms with Crippen LogP contribution in [0, 0.1) is 5.82 Å². The van der Waals surface area contributed by atoms with Crippen molar-refractivity contribution in [2.24, 2.45) is 0 Å². The Labute approximate surface area is 201 Å². The van der Waals surface area contributed by atoms with Crippen molar-refractivity contribution in [2.75, 3.05) is 46.4 Å². The molecule has 1 amide bonds. The summed E-state index contributed by atoms with van der Waals surface area (Å²) in [5.41, 5.74) is 3.24. The molecule has 0 radical (unpaired) electrons. The molecule has 6 heteroatoms. The van der Waals surface area contributed by atoms with Crippen LogP contribution >= 0.6 is 0 Å². The molecule has 3 aromatic rings. The van der Waals surface area contributed by atoms with Gasteiger partial charge in [-0.3, -0.25) is 9.69 Å². The standard InChI is InChI=1S/C28H32FN3O2/c1-31-13-15-32(16-14-31)17-18-34-25-11-12-26(27(29)20-25)24-9-7-22(8-10-24)19-28(33)30-21-23-5-3-2-4-6-23/h2-12,20H,13-19,21H2,1H3,(H,30,33). The van der Waals surface area contributed by atoms with E-state index in [4.69, 9.17) is 4.74 Å². The highest BCUT2D eigenvalue weighted by atomic mass is 19.1. The third-order valence-corrected chi connectivity index (χ3v) is 6.17. The maximum absolute atomic E-state index is 14.8. The number of benzene rings is 3. The van der Waals surface area contributed by atoms with Gasteiger partial charge in [0.2, 0.25) is 5.91 Å². The van der Waals surface area contributed by atoms with Crippen LogP contribution in [0.15, 0.2) is 72.8 Å². The van der Waals surface area contributed by atoms with Crippen LogP contribution < -0.4 is 10.1 Å². The lowest BCUT2D eigenvalue weighted by atomic mass is 10.0. The van der Waals surface area contributed by atoms with Crippen molar-refractivity contribution in [3.8, 4) is 16.9 Å². The summed E-state index contributed by atoms with van der Waals surface area (Å²) in [6.45, 7) is 6.12. The molecule has 4 rings (SSSR count). The fourth-order valence-electron chi connectivity index (χ4n) is 4.03. The number of likely N-dealkylation sites (N-methyl/N-ethyl adjacent to an activating group) is 1. The summed E-state index contributed by atoms with van der Waals surface area (Å²) in [5, 5.41) is 2.93. The van der Waals surface area contributed by atoms with Crippen molar-refractivity contribution in [3.05, 3.63) is 89.7 Å². The molecule has 1 aliphatic heterocycles. The number of halogens is 1. The first kappa shape index (κ1) is 23.9. The SMILES string of the molecule is CN1CCN(CCOc2ccc(-c3ccc(CC(=O)NCc4ccccc4)cc3)c(F)c2)CC1. The Bertz CT molecular complexity index is 1060. The van der Waals surface area contributed by atoms with E-state index in [1.165, 1.54) is 6.07 Å². The van der Waals surface area contributed by atoms with E-state index in [0.29, 0.717) is 24.5 Å². The number of nitrogens with one attached hydrogen (secondary N) is 1. The first-order valence-electron chi connectivity index (χ1n) is 11.8. The summed E-state index contributed by atoms with van der Waals surface area (Å²) in [6, 6.07) is 22.3. The highest BCUT2D eigenvalue weighted by Crippen LogP contribution is 2.26. The number of carbonyl (C=O) groups is 1. The molecule has 178 valence electrons. The van der Waals surface area contributed by atoms with Gasteiger partial charge in [-0.25, -0.2) is 4.39 Å². The number of hydrogen-bond donors (Lipinski definition) is 1. The van der Waals surface area contributed by atoms with Crippen molar-refractivity contribution in [1.29, 1.82) is 0 Å². The van der Waals surface area contributed by atoms with Gasteiger partial charge in [0.15, 0.2) is 0 Å². The quantitative estimate of drug-likeness (QED) is 0.524. The molecule has 1 heterocycles. The third kappa shape index (κ3) is 6.89. The number of amides is 1. The number of hydrogen-bond acceptors (Lipinski definition) is 4. The maximum Gasteiger partial charge on any atom is 0.224 e. The van der Waals surface area contributed by atoms with Crippen LogP contribution in [0.5, 0.6) is 5.75 Å². The first-order chi connectivity index (χ1) is 16.6. The Kier molecular flexibility index (Phi) is 8.28. The average Bonchev–Trinajstić information content (AvgIpc) is 2.85. The van der Waals surface area contributed by atoms with Gasteiger partial charge in [0, 0.05) is 50.9 Å². The zero-order valence-corrected chi connectivity index (χ0v) is 19.7. The summed E-state index contributed by atoms with van der Waals surface area (Å²) in [4.78, 5) is 16.9. The summed E-state index contributed by atoms with van der Waals surface area (Å²) in [6.07, 6.45) is 0.287. The minimum Gasteiger partial charge on any atom is -0.492 e. The molecule has 0 aliphatic carbocycles. The first-order valence-corrected chi connectivity index (χ1v) is 11.8. The Hall–Kier alpha value is -3.22. The highest BCUT2D eigenvalue weighted by Gasteiger charge is 2.14. The molecule has 0 aromatic heterocycles. The van der Waals surface area contributed by atoms with Crippen LogP contribution in [0.1, 0.15) is 11.1 Å². The monoisotopic (exact) mass is 461 g/mol. The van der Waals surface area contributed by atoms with Gasteiger partial charge in [-0.2, -0.15) is 0 Å². The molecule has 0 saturated carbocycles. The molecular weight excluding hydrogens is 429 g/mol. The van der Waals surface area contributed by atoms with Crippen LogP contribution in [0.4, 0.5) is 4.39 Å². The molecule has 5 nitrogen and oxygen atoms in total. The van der Waals surface area contributed by atoms with Crippen molar-refractivity contribution >= 4 is 5.91 Å². The second kappa shape index (κ2) is 11.8. The lowest BCUT2D eigenvalue weighted by molar-refractivity contribution is -0.120. The Morgan fingerprint density at radius 2 is 1.68 bits per heavy atom. The lowest BCUT2D eigenvalue weighted by Gasteiger charge is -2.32. The fourth-order valence-corrected chi connectivity index (χ4v) is 4.03. The Morgan fingerprint density at radius 1 is 0.941 bits per heavy atom. The number of nitrogens with zero attached hydrogens (tertiary/aromatic N) is 2. The van der Waals surface area contributed by atoms with Crippen molar-refractivity contribution in [1.82, 2.24) is 15.1 Å². The topological polar surface area (TPSA) is 44.8 Å². The maximum atomic E-state index is 14.8. The smallest absolute Gasteiger partial charge is 0.224 e. The molecule has 3 aromatic carbocycles. The van der Waals surface area contributed by atoms with E-state index in [2.05, 4.69) is 22.2 Å². The van der Waals surface area contributed by atoms with E-state index >= 15 is 0 Å². The van der Waals surface area contributed by atoms with Crippen LogP contribution in [-0.4, -0.2) is 62.1 Å². The summed E-state index contributed by atoms with van der Waals surface area (Å²) in [5.74, 6) is 0.188. The summed E-state index contributed by atoms with van der Waals surface area (Å²) in [7, 11) is 2.13. The highest BCUT2D eigenvalue weighted by molar-refractivity contribution is 5.79. The van der Waals surface area contributed by atoms with Gasteiger partial charge in [0.05, 0.1) is 6.42 Å². The molecule has 34 heavy (non-hydrogen) atoms. The molecule has 0 atom stereocenters. The van der Waals surface area contributed by atoms with Gasteiger partial charge in [0.1, 0.15) is 18.2 Å². The van der Waals surface area contributed by atoms with Gasteiger partial charge in [-0.05, 0) is 35.9 Å². The Morgan fingerprint density at radius 3 is 2.38 bits per heavy atom. The minimum absolute atomic E-state index is 0.0409. The number of piperazine rings is 1. The zero-order valence-electron chi connectivity index (χ0n) is 19.7. The van der Waals surface area contributed by atoms with Gasteiger partial charge >= 0.3 is 0 Å². The normalized spacial score (nSPS) is 14.6. The third-order valence-electron chi connectivity index (χ3n) is 6.17. The van der Waals surface area contributed by atoms with Gasteiger partial charge in [0.25, 0.3) is 0 Å². The second-order valence-electron chi connectivity index (χ2n) is 8.77. The van der Waals surface area contributed by atoms with E-state index in [1.54, 1.807) is 6.07 Å². The van der Waals surface area contributed by atoms with Crippen molar-refractivity contribution < 1.29 is 13.9 Å². The average molecular weight is 462 g/mol. The minimum atomic E-state index is -0.314. The van der Waals surface area contributed by atoms with E-state index in [0.717, 1.165) is 49.4 Å². The van der Waals surface area contributed by atoms with E-state index in [1.807, 2.05) is 60.7 Å². The van der Waals surface area contributed by atoms with E-state index in [-0.39, 0.29) is 18.1 Å². The van der Waals surface area contributed by atoms with Crippen LogP contribution in [0.3, 0.4) is 0 Å². The largest absolute Gasteiger partial charge is 0.492 e. The predicted octanol–water partition coefficient (Wildman–Crippen LogP) is 3.98. The number of ether oxygens (including phenoxy) is 1. The van der Waals surface area contributed by atoms with Crippen molar-refractivity contribution in [2.45, 2.75) is 13.0 Å². The number of rotatable bonds is 9. The lowest BCUT2D eigenvalue weighted by Crippen LogP contribution is -2.45. The zero-order chi connectivity index (χ0) is 23.8. The van der Waals surface area contributed by atoms with Gasteiger partial charge < -0.3 is 15.0 Å². The van der Waals surface area contributed by atoms with Gasteiger partial charge in [-0.15, -0.1) is 0 Å². The number of carbonyl (C=O) groups excluding carboxylic acids is 1. The summed E-state index contributed by atoms with van der Waals surface area (Å²) < 4.78 is 20.6.